The Balaban J connectivity index is 2.01. The van der Waals surface area contributed by atoms with Gasteiger partial charge in [-0.25, -0.2) is 0 Å². The SMILES string of the molecule is CCCCOC(=O)Cc1ccc2ccccc2n1. The Labute approximate surface area is 107 Å². The molecular weight excluding hydrogens is 226 g/mol. The number of benzene rings is 1. The minimum atomic E-state index is -0.203. The lowest BCUT2D eigenvalue weighted by Gasteiger charge is -2.04. The predicted molar refractivity (Wildman–Crippen MR) is 71.3 cm³/mol. The van der Waals surface area contributed by atoms with Crippen LogP contribution in [0.25, 0.3) is 10.9 Å². The topological polar surface area (TPSA) is 39.2 Å². The van der Waals surface area contributed by atoms with Gasteiger partial charge in [0, 0.05) is 5.39 Å². The highest BCUT2D eigenvalue weighted by molar-refractivity contribution is 5.79. The third-order valence-corrected chi connectivity index (χ3v) is 2.74. The van der Waals surface area contributed by atoms with Gasteiger partial charge >= 0.3 is 5.97 Å². The van der Waals surface area contributed by atoms with Crippen LogP contribution < -0.4 is 0 Å². The van der Waals surface area contributed by atoms with Crippen LogP contribution in [0, 0.1) is 0 Å². The summed E-state index contributed by atoms with van der Waals surface area (Å²) in [6, 6.07) is 11.7. The summed E-state index contributed by atoms with van der Waals surface area (Å²) < 4.78 is 5.12. The van der Waals surface area contributed by atoms with Crippen molar-refractivity contribution in [3.8, 4) is 0 Å². The fraction of sp³-hybridized carbons (Fsp3) is 0.333. The molecule has 0 radical (unpaired) electrons. The van der Waals surface area contributed by atoms with E-state index in [1.54, 1.807) is 0 Å². The van der Waals surface area contributed by atoms with E-state index in [9.17, 15) is 4.79 Å². The molecule has 0 saturated heterocycles. The molecule has 0 unspecified atom stereocenters. The van der Waals surface area contributed by atoms with Crippen LogP contribution in [0.4, 0.5) is 0 Å². The zero-order valence-corrected chi connectivity index (χ0v) is 10.6. The highest BCUT2D eigenvalue weighted by atomic mass is 16.5. The highest BCUT2D eigenvalue weighted by Gasteiger charge is 2.06. The molecule has 2 rings (SSSR count). The number of carbonyl (C=O) groups excluding carboxylic acids is 1. The molecule has 0 amide bonds. The van der Waals surface area contributed by atoms with Crippen LogP contribution in [-0.4, -0.2) is 17.6 Å². The molecule has 94 valence electrons. The minimum Gasteiger partial charge on any atom is -0.465 e. The van der Waals surface area contributed by atoms with Crippen LogP contribution in [0.5, 0.6) is 0 Å². The van der Waals surface area contributed by atoms with E-state index in [1.165, 1.54) is 0 Å². The summed E-state index contributed by atoms with van der Waals surface area (Å²) >= 11 is 0. The van der Waals surface area contributed by atoms with Crippen LogP contribution in [0.3, 0.4) is 0 Å². The summed E-state index contributed by atoms with van der Waals surface area (Å²) in [7, 11) is 0. The molecule has 1 aromatic carbocycles. The van der Waals surface area contributed by atoms with Crippen molar-refractivity contribution in [1.82, 2.24) is 4.98 Å². The largest absolute Gasteiger partial charge is 0.465 e. The second kappa shape index (κ2) is 6.15. The molecule has 0 aliphatic heterocycles. The maximum absolute atomic E-state index is 11.6. The molecule has 0 bridgehead atoms. The number of hydrogen-bond donors (Lipinski definition) is 0. The van der Waals surface area contributed by atoms with E-state index < -0.39 is 0 Å². The second-order valence-electron chi connectivity index (χ2n) is 4.25. The maximum Gasteiger partial charge on any atom is 0.311 e. The van der Waals surface area contributed by atoms with Gasteiger partial charge in [-0.3, -0.25) is 9.78 Å². The minimum absolute atomic E-state index is 0.203. The van der Waals surface area contributed by atoms with Crippen LogP contribution >= 0.6 is 0 Å². The van der Waals surface area contributed by atoms with E-state index in [0.717, 1.165) is 29.4 Å². The van der Waals surface area contributed by atoms with Crippen molar-refractivity contribution in [2.24, 2.45) is 0 Å². The van der Waals surface area contributed by atoms with Crippen LogP contribution in [-0.2, 0) is 16.0 Å². The molecule has 0 fully saturated rings. The Morgan fingerprint density at radius 3 is 2.89 bits per heavy atom. The van der Waals surface area contributed by atoms with Crippen LogP contribution in [0.2, 0.25) is 0 Å². The van der Waals surface area contributed by atoms with Gasteiger partial charge in [0.15, 0.2) is 0 Å². The predicted octanol–water partition coefficient (Wildman–Crippen LogP) is 3.12. The zero-order valence-electron chi connectivity index (χ0n) is 10.6. The number of nitrogens with zero attached hydrogens (tertiary/aromatic N) is 1. The molecule has 1 heterocycles. The summed E-state index contributed by atoms with van der Waals surface area (Å²) in [5.74, 6) is -0.203. The number of rotatable bonds is 5. The van der Waals surface area contributed by atoms with Gasteiger partial charge in [-0.2, -0.15) is 0 Å². The second-order valence-corrected chi connectivity index (χ2v) is 4.25. The fourth-order valence-corrected chi connectivity index (χ4v) is 1.74. The van der Waals surface area contributed by atoms with Gasteiger partial charge in [0.1, 0.15) is 0 Å². The van der Waals surface area contributed by atoms with Crippen molar-refractivity contribution in [1.29, 1.82) is 0 Å². The molecule has 3 nitrogen and oxygen atoms in total. The summed E-state index contributed by atoms with van der Waals surface area (Å²) in [5.41, 5.74) is 1.67. The van der Waals surface area contributed by atoms with Crippen molar-refractivity contribution < 1.29 is 9.53 Å². The number of fused-ring (bicyclic) bond motifs is 1. The van der Waals surface area contributed by atoms with Crippen LogP contribution in [0.1, 0.15) is 25.5 Å². The lowest BCUT2D eigenvalue weighted by Crippen LogP contribution is -2.10. The van der Waals surface area contributed by atoms with E-state index in [2.05, 4.69) is 11.9 Å². The molecule has 0 atom stereocenters. The number of para-hydroxylation sites is 1. The molecule has 0 saturated carbocycles. The van der Waals surface area contributed by atoms with E-state index in [1.807, 2.05) is 36.4 Å². The molecule has 0 aliphatic carbocycles. The smallest absolute Gasteiger partial charge is 0.311 e. The fourth-order valence-electron chi connectivity index (χ4n) is 1.74. The Hall–Kier alpha value is -1.90. The van der Waals surface area contributed by atoms with Gasteiger partial charge in [0.25, 0.3) is 0 Å². The highest BCUT2D eigenvalue weighted by Crippen LogP contribution is 2.12. The zero-order chi connectivity index (χ0) is 12.8. The standard InChI is InChI=1S/C15H17NO2/c1-2-3-10-18-15(17)11-13-9-8-12-6-4-5-7-14(12)16-13/h4-9H,2-3,10-11H2,1H3. The molecule has 3 heteroatoms. The summed E-state index contributed by atoms with van der Waals surface area (Å²) in [6.07, 6.45) is 2.19. The van der Waals surface area contributed by atoms with Gasteiger partial charge in [0.2, 0.25) is 0 Å². The summed E-state index contributed by atoms with van der Waals surface area (Å²) in [4.78, 5) is 16.0. The first-order valence-electron chi connectivity index (χ1n) is 6.30. The van der Waals surface area contributed by atoms with Crippen molar-refractivity contribution in [2.75, 3.05) is 6.61 Å². The molecule has 18 heavy (non-hydrogen) atoms. The average molecular weight is 243 g/mol. The lowest BCUT2D eigenvalue weighted by atomic mass is 10.2. The Bertz CT molecular complexity index is 537. The number of pyridine rings is 1. The first-order chi connectivity index (χ1) is 8.79. The first kappa shape index (κ1) is 12.6. The van der Waals surface area contributed by atoms with Gasteiger partial charge in [-0.15, -0.1) is 0 Å². The summed E-state index contributed by atoms with van der Waals surface area (Å²) in [5, 5.41) is 1.08. The maximum atomic E-state index is 11.6. The quantitative estimate of drug-likeness (QED) is 0.598. The number of carbonyl (C=O) groups is 1. The monoisotopic (exact) mass is 243 g/mol. The Morgan fingerprint density at radius 2 is 2.06 bits per heavy atom. The molecule has 0 N–H and O–H groups in total. The third-order valence-electron chi connectivity index (χ3n) is 2.74. The molecule has 1 aromatic heterocycles. The van der Waals surface area contributed by atoms with Crippen LogP contribution in [0.15, 0.2) is 36.4 Å². The molecular formula is C15H17NO2. The number of aromatic nitrogens is 1. The molecule has 0 spiro atoms. The van der Waals surface area contributed by atoms with E-state index >= 15 is 0 Å². The Morgan fingerprint density at radius 1 is 1.22 bits per heavy atom. The van der Waals surface area contributed by atoms with Crippen molar-refractivity contribution in [2.45, 2.75) is 26.2 Å². The van der Waals surface area contributed by atoms with E-state index in [4.69, 9.17) is 4.74 Å². The lowest BCUT2D eigenvalue weighted by molar-refractivity contribution is -0.142. The van der Waals surface area contributed by atoms with Crippen molar-refractivity contribution in [3.63, 3.8) is 0 Å². The molecule has 2 aromatic rings. The number of unbranched alkanes of at least 4 members (excludes halogenated alkanes) is 1. The van der Waals surface area contributed by atoms with Gasteiger partial charge in [-0.05, 0) is 18.6 Å². The molecule has 0 aliphatic rings. The first-order valence-corrected chi connectivity index (χ1v) is 6.30. The normalized spacial score (nSPS) is 10.5. The average Bonchev–Trinajstić information content (AvgIpc) is 2.39. The van der Waals surface area contributed by atoms with E-state index in [0.29, 0.717) is 6.61 Å². The number of hydrogen-bond acceptors (Lipinski definition) is 3. The van der Waals surface area contributed by atoms with Gasteiger partial charge in [-0.1, -0.05) is 37.6 Å². The van der Waals surface area contributed by atoms with Crippen molar-refractivity contribution in [3.05, 3.63) is 42.1 Å². The summed E-state index contributed by atoms with van der Waals surface area (Å²) in [6.45, 7) is 2.57. The Kier molecular flexibility index (Phi) is 4.29. The van der Waals surface area contributed by atoms with Crippen molar-refractivity contribution >= 4 is 16.9 Å². The third kappa shape index (κ3) is 3.29. The van der Waals surface area contributed by atoms with E-state index in [-0.39, 0.29) is 12.4 Å². The van der Waals surface area contributed by atoms with Gasteiger partial charge < -0.3 is 4.74 Å². The number of esters is 1. The number of ether oxygens (including phenoxy) is 1. The van der Waals surface area contributed by atoms with Gasteiger partial charge in [0.05, 0.1) is 24.2 Å².